The van der Waals surface area contributed by atoms with E-state index in [4.69, 9.17) is 11.6 Å². The van der Waals surface area contributed by atoms with Crippen molar-refractivity contribution in [2.24, 2.45) is 7.05 Å². The Kier molecular flexibility index (Phi) is 1.70. The highest BCUT2D eigenvalue weighted by atomic mass is 35.5. The Balaban J connectivity index is 3.03. The van der Waals surface area contributed by atoms with Gasteiger partial charge in [-0.1, -0.05) is 11.6 Å². The molecule has 1 aromatic carbocycles. The number of hydrogen-bond donors (Lipinski definition) is 1. The van der Waals surface area contributed by atoms with Crippen molar-refractivity contribution in [2.45, 2.75) is 6.92 Å². The predicted octanol–water partition coefficient (Wildman–Crippen LogP) is 1.83. The maximum absolute atomic E-state index is 11.3. The molecule has 0 spiro atoms. The van der Waals surface area contributed by atoms with E-state index in [0.29, 0.717) is 5.02 Å². The summed E-state index contributed by atoms with van der Waals surface area (Å²) in [6.45, 7) is 1.92. The molecule has 0 amide bonds. The number of nitrogens with one attached hydrogen (secondary N) is 1. The van der Waals surface area contributed by atoms with E-state index < -0.39 is 0 Å². The number of nitrogens with zero attached hydrogens (tertiary/aromatic N) is 1. The first-order valence-electron chi connectivity index (χ1n) is 3.94. The van der Waals surface area contributed by atoms with Gasteiger partial charge in [0.15, 0.2) is 0 Å². The third kappa shape index (κ3) is 1.16. The summed E-state index contributed by atoms with van der Waals surface area (Å²) in [7, 11) is 1.72. The molecule has 3 nitrogen and oxygen atoms in total. The van der Waals surface area contributed by atoms with E-state index in [-0.39, 0.29) is 5.69 Å². The molecule has 68 valence electrons. The van der Waals surface area contributed by atoms with Crippen LogP contribution in [-0.4, -0.2) is 9.55 Å². The van der Waals surface area contributed by atoms with Crippen molar-refractivity contribution in [3.8, 4) is 0 Å². The number of H-pyrrole nitrogens is 1. The number of halogens is 1. The van der Waals surface area contributed by atoms with Crippen LogP contribution >= 0.6 is 11.6 Å². The van der Waals surface area contributed by atoms with Gasteiger partial charge in [0.1, 0.15) is 0 Å². The number of aromatic amines is 1. The fourth-order valence-electron chi connectivity index (χ4n) is 1.45. The van der Waals surface area contributed by atoms with Gasteiger partial charge in [-0.25, -0.2) is 4.79 Å². The summed E-state index contributed by atoms with van der Waals surface area (Å²) in [5.74, 6) is 0. The first-order valence-corrected chi connectivity index (χ1v) is 4.32. The summed E-state index contributed by atoms with van der Waals surface area (Å²) in [6.07, 6.45) is 0. The van der Waals surface area contributed by atoms with Gasteiger partial charge in [-0.05, 0) is 24.6 Å². The second-order valence-electron chi connectivity index (χ2n) is 3.11. The van der Waals surface area contributed by atoms with Crippen molar-refractivity contribution in [1.29, 1.82) is 0 Å². The predicted molar refractivity (Wildman–Crippen MR) is 53.3 cm³/mol. The molecule has 0 saturated carbocycles. The lowest BCUT2D eigenvalue weighted by molar-refractivity contribution is 0.891. The van der Waals surface area contributed by atoms with Crippen LogP contribution in [0.3, 0.4) is 0 Å². The Labute approximate surface area is 79.9 Å². The first kappa shape index (κ1) is 8.38. The van der Waals surface area contributed by atoms with Crippen molar-refractivity contribution in [1.82, 2.24) is 9.55 Å². The number of imidazole rings is 1. The maximum Gasteiger partial charge on any atom is 0.326 e. The molecule has 0 radical (unpaired) electrons. The van der Waals surface area contributed by atoms with Crippen LogP contribution in [0.1, 0.15) is 5.56 Å². The number of fused-ring (bicyclic) bond motifs is 1. The lowest BCUT2D eigenvalue weighted by Crippen LogP contribution is -2.11. The molecule has 0 saturated heterocycles. The average molecular weight is 197 g/mol. The van der Waals surface area contributed by atoms with Crippen LogP contribution in [0.4, 0.5) is 0 Å². The molecular formula is C9H9ClN2O. The van der Waals surface area contributed by atoms with Gasteiger partial charge in [-0.15, -0.1) is 0 Å². The van der Waals surface area contributed by atoms with E-state index in [0.717, 1.165) is 16.6 Å². The monoisotopic (exact) mass is 196 g/mol. The summed E-state index contributed by atoms with van der Waals surface area (Å²) >= 11 is 5.88. The first-order chi connectivity index (χ1) is 6.09. The number of aryl methyl sites for hydroxylation is 2. The quantitative estimate of drug-likeness (QED) is 0.686. The second kappa shape index (κ2) is 2.64. The van der Waals surface area contributed by atoms with E-state index in [1.807, 2.05) is 13.0 Å². The lowest BCUT2D eigenvalue weighted by Gasteiger charge is -1.97. The van der Waals surface area contributed by atoms with Crippen LogP contribution in [0.2, 0.25) is 5.02 Å². The van der Waals surface area contributed by atoms with Gasteiger partial charge in [0.05, 0.1) is 11.0 Å². The minimum Gasteiger partial charge on any atom is -0.305 e. The van der Waals surface area contributed by atoms with Gasteiger partial charge >= 0.3 is 5.69 Å². The summed E-state index contributed by atoms with van der Waals surface area (Å²) in [5.41, 5.74) is 2.58. The topological polar surface area (TPSA) is 37.8 Å². The molecule has 0 unspecified atom stereocenters. The number of rotatable bonds is 0. The fraction of sp³-hybridized carbons (Fsp3) is 0.222. The normalized spacial score (nSPS) is 11.0. The molecule has 1 heterocycles. The molecule has 13 heavy (non-hydrogen) atoms. The molecule has 0 fully saturated rings. The van der Waals surface area contributed by atoms with Crippen molar-refractivity contribution in [3.63, 3.8) is 0 Å². The van der Waals surface area contributed by atoms with E-state index in [2.05, 4.69) is 4.98 Å². The molecule has 2 aromatic rings. The van der Waals surface area contributed by atoms with Gasteiger partial charge in [-0.2, -0.15) is 0 Å². The Morgan fingerprint density at radius 3 is 2.85 bits per heavy atom. The van der Waals surface area contributed by atoms with Gasteiger partial charge < -0.3 is 4.98 Å². The molecular weight excluding hydrogens is 188 g/mol. The molecule has 4 heteroatoms. The minimum absolute atomic E-state index is 0.111. The van der Waals surface area contributed by atoms with Gasteiger partial charge in [0.2, 0.25) is 0 Å². The Morgan fingerprint density at radius 2 is 2.15 bits per heavy atom. The van der Waals surface area contributed by atoms with Crippen molar-refractivity contribution < 1.29 is 0 Å². The van der Waals surface area contributed by atoms with Crippen LogP contribution < -0.4 is 5.69 Å². The Morgan fingerprint density at radius 1 is 1.46 bits per heavy atom. The second-order valence-corrected chi connectivity index (χ2v) is 3.54. The number of benzene rings is 1. The molecule has 1 N–H and O–H groups in total. The van der Waals surface area contributed by atoms with E-state index in [9.17, 15) is 4.79 Å². The summed E-state index contributed by atoms with van der Waals surface area (Å²) < 4.78 is 1.55. The van der Waals surface area contributed by atoms with Crippen LogP contribution in [0.5, 0.6) is 0 Å². The summed E-state index contributed by atoms with van der Waals surface area (Å²) in [4.78, 5) is 14.0. The van der Waals surface area contributed by atoms with Gasteiger partial charge in [0, 0.05) is 12.1 Å². The minimum atomic E-state index is -0.111. The van der Waals surface area contributed by atoms with Crippen LogP contribution in [0.15, 0.2) is 16.9 Å². The Hall–Kier alpha value is -1.22. The highest BCUT2D eigenvalue weighted by molar-refractivity contribution is 6.31. The van der Waals surface area contributed by atoms with Gasteiger partial charge in [0.25, 0.3) is 0 Å². The highest BCUT2D eigenvalue weighted by Gasteiger charge is 2.05. The zero-order chi connectivity index (χ0) is 9.59. The molecule has 0 bridgehead atoms. The van der Waals surface area contributed by atoms with Crippen LogP contribution in [0.25, 0.3) is 11.0 Å². The standard InChI is InChI=1S/C9H9ClN2O/c1-5-3-6(10)4-7-8(5)11-9(13)12(7)2/h3-4H,1-2H3,(H,11,13). The molecule has 2 rings (SSSR count). The highest BCUT2D eigenvalue weighted by Crippen LogP contribution is 2.20. The molecule has 0 atom stereocenters. The maximum atomic E-state index is 11.3. The number of hydrogen-bond acceptors (Lipinski definition) is 1. The molecule has 0 aliphatic carbocycles. The Bertz CT molecular complexity index is 524. The molecule has 1 aromatic heterocycles. The van der Waals surface area contributed by atoms with Crippen LogP contribution in [0, 0.1) is 6.92 Å². The lowest BCUT2D eigenvalue weighted by atomic mass is 10.2. The molecule has 0 aliphatic rings. The van der Waals surface area contributed by atoms with Crippen molar-refractivity contribution in [3.05, 3.63) is 33.2 Å². The van der Waals surface area contributed by atoms with E-state index in [1.165, 1.54) is 0 Å². The van der Waals surface area contributed by atoms with Gasteiger partial charge in [-0.3, -0.25) is 4.57 Å². The summed E-state index contributed by atoms with van der Waals surface area (Å²) in [5, 5.41) is 0.652. The zero-order valence-electron chi connectivity index (χ0n) is 7.39. The van der Waals surface area contributed by atoms with E-state index in [1.54, 1.807) is 17.7 Å². The van der Waals surface area contributed by atoms with E-state index >= 15 is 0 Å². The summed E-state index contributed by atoms with van der Waals surface area (Å²) in [6, 6.07) is 3.61. The van der Waals surface area contributed by atoms with Crippen LogP contribution in [-0.2, 0) is 7.05 Å². The molecule has 0 aliphatic heterocycles. The zero-order valence-corrected chi connectivity index (χ0v) is 8.14. The smallest absolute Gasteiger partial charge is 0.305 e. The number of aromatic nitrogens is 2. The third-order valence-electron chi connectivity index (χ3n) is 2.18. The van der Waals surface area contributed by atoms with Crippen molar-refractivity contribution >= 4 is 22.6 Å². The fourth-order valence-corrected chi connectivity index (χ4v) is 1.72. The SMILES string of the molecule is Cc1cc(Cl)cc2c1[nH]c(=O)n2C. The average Bonchev–Trinajstić information content (AvgIpc) is 2.32. The van der Waals surface area contributed by atoms with Crippen molar-refractivity contribution in [2.75, 3.05) is 0 Å². The third-order valence-corrected chi connectivity index (χ3v) is 2.40. The largest absolute Gasteiger partial charge is 0.326 e.